The molecule has 0 N–H and O–H groups in total. The number of nitrogens with zero attached hydrogens (tertiary/aromatic N) is 2. The van der Waals surface area contributed by atoms with Gasteiger partial charge in [0.25, 0.3) is 11.8 Å². The Labute approximate surface area is 201 Å². The lowest BCUT2D eigenvalue weighted by atomic mass is 10.0. The molecule has 0 aliphatic carbocycles. The van der Waals surface area contributed by atoms with Crippen LogP contribution in [0.3, 0.4) is 0 Å². The Hall–Kier alpha value is -4.40. The minimum absolute atomic E-state index is 0.110. The first kappa shape index (κ1) is 23.7. The molecule has 0 saturated carbocycles. The summed E-state index contributed by atoms with van der Waals surface area (Å²) in [6.45, 7) is 0.639. The molecule has 0 atom stereocenters. The molecule has 2 aromatic carbocycles. The monoisotopic (exact) mass is 476 g/mol. The van der Waals surface area contributed by atoms with E-state index in [1.54, 1.807) is 70.5 Å². The van der Waals surface area contributed by atoms with Gasteiger partial charge < -0.3 is 23.7 Å². The average molecular weight is 476 g/mol. The quantitative estimate of drug-likeness (QED) is 0.363. The van der Waals surface area contributed by atoms with Gasteiger partial charge in [-0.2, -0.15) is 0 Å². The van der Waals surface area contributed by atoms with Gasteiger partial charge in [-0.3, -0.25) is 14.4 Å². The number of carbonyl (C=O) groups excluding carboxylic acids is 4. The van der Waals surface area contributed by atoms with Crippen molar-refractivity contribution in [2.24, 2.45) is 0 Å². The molecule has 180 valence electrons. The van der Waals surface area contributed by atoms with Crippen LogP contribution in [-0.2, 0) is 14.3 Å². The van der Waals surface area contributed by atoms with Gasteiger partial charge in [0, 0.05) is 37.3 Å². The van der Waals surface area contributed by atoms with Gasteiger partial charge in [-0.1, -0.05) is 30.3 Å². The second-order valence-corrected chi connectivity index (χ2v) is 7.82. The van der Waals surface area contributed by atoms with Crippen molar-refractivity contribution in [2.45, 2.75) is 0 Å². The second-order valence-electron chi connectivity index (χ2n) is 7.82. The number of hydrogen-bond donors (Lipinski definition) is 0. The Morgan fingerprint density at radius 2 is 1.40 bits per heavy atom. The van der Waals surface area contributed by atoms with Gasteiger partial charge in [0.2, 0.25) is 0 Å². The van der Waals surface area contributed by atoms with Crippen molar-refractivity contribution in [1.29, 1.82) is 0 Å². The summed E-state index contributed by atoms with van der Waals surface area (Å²) in [5, 5.41) is 0. The molecule has 9 heteroatoms. The number of piperazine rings is 1. The summed E-state index contributed by atoms with van der Waals surface area (Å²) >= 11 is 0. The standard InChI is InChI=1S/C26H24N2O7/c29-23(27-12-14-28(15-13-27)26(32)22-7-4-16-33-22)17-35-24(30)18-34-21-10-8-20(9-11-21)25(31)19-5-2-1-3-6-19/h1-11,16H,12-15,17-18H2. The largest absolute Gasteiger partial charge is 0.482 e. The number of amides is 2. The van der Waals surface area contributed by atoms with Gasteiger partial charge in [0.05, 0.1) is 6.26 Å². The van der Waals surface area contributed by atoms with E-state index in [2.05, 4.69) is 0 Å². The van der Waals surface area contributed by atoms with E-state index in [0.29, 0.717) is 43.1 Å². The van der Waals surface area contributed by atoms with Crippen LogP contribution in [0.5, 0.6) is 5.75 Å². The van der Waals surface area contributed by atoms with Crippen LogP contribution >= 0.6 is 0 Å². The molecule has 0 spiro atoms. The van der Waals surface area contributed by atoms with Crippen molar-refractivity contribution in [3.63, 3.8) is 0 Å². The van der Waals surface area contributed by atoms with Crippen LogP contribution in [0, 0.1) is 0 Å². The first-order valence-corrected chi connectivity index (χ1v) is 11.1. The summed E-state index contributed by atoms with van der Waals surface area (Å²) in [5.41, 5.74) is 1.09. The number of carbonyl (C=O) groups is 4. The molecule has 1 fully saturated rings. The number of furan rings is 1. The maximum absolute atomic E-state index is 12.4. The summed E-state index contributed by atoms with van der Waals surface area (Å²) in [4.78, 5) is 52.2. The summed E-state index contributed by atoms with van der Waals surface area (Å²) in [7, 11) is 0. The number of esters is 1. The Morgan fingerprint density at radius 1 is 0.743 bits per heavy atom. The van der Waals surface area contributed by atoms with Crippen molar-refractivity contribution < 1.29 is 33.1 Å². The maximum Gasteiger partial charge on any atom is 0.344 e. The molecule has 1 aromatic heterocycles. The van der Waals surface area contributed by atoms with E-state index >= 15 is 0 Å². The van der Waals surface area contributed by atoms with Gasteiger partial charge >= 0.3 is 5.97 Å². The molecule has 4 rings (SSSR count). The molecule has 0 bridgehead atoms. The normalized spacial score (nSPS) is 13.3. The van der Waals surface area contributed by atoms with E-state index in [1.807, 2.05) is 6.07 Å². The number of ether oxygens (including phenoxy) is 2. The molecular weight excluding hydrogens is 452 g/mol. The highest BCUT2D eigenvalue weighted by Crippen LogP contribution is 2.16. The predicted molar refractivity (Wildman–Crippen MR) is 124 cm³/mol. The first-order valence-electron chi connectivity index (χ1n) is 11.1. The summed E-state index contributed by atoms with van der Waals surface area (Å²) in [5.74, 6) is -0.697. The lowest BCUT2D eigenvalue weighted by molar-refractivity contribution is -0.154. The molecule has 3 aromatic rings. The topological polar surface area (TPSA) is 106 Å². The molecule has 1 saturated heterocycles. The molecule has 1 aliphatic rings. The lowest BCUT2D eigenvalue weighted by Crippen LogP contribution is -2.51. The minimum Gasteiger partial charge on any atom is -0.482 e. The molecular formula is C26H24N2O7. The van der Waals surface area contributed by atoms with E-state index in [0.717, 1.165) is 0 Å². The van der Waals surface area contributed by atoms with E-state index in [9.17, 15) is 19.2 Å². The average Bonchev–Trinajstić information content (AvgIpc) is 3.46. The zero-order valence-corrected chi connectivity index (χ0v) is 18.9. The molecule has 9 nitrogen and oxygen atoms in total. The third-order valence-corrected chi connectivity index (χ3v) is 5.52. The van der Waals surface area contributed by atoms with Gasteiger partial charge in [-0.05, 0) is 36.4 Å². The highest BCUT2D eigenvalue weighted by atomic mass is 16.6. The number of benzene rings is 2. The third-order valence-electron chi connectivity index (χ3n) is 5.52. The van der Waals surface area contributed by atoms with Crippen LogP contribution in [0.1, 0.15) is 26.5 Å². The summed E-state index contributed by atoms with van der Waals surface area (Å²) in [6.07, 6.45) is 1.44. The first-order chi connectivity index (χ1) is 17.0. The fourth-order valence-electron chi connectivity index (χ4n) is 3.59. The van der Waals surface area contributed by atoms with Crippen molar-refractivity contribution >= 4 is 23.6 Å². The highest BCUT2D eigenvalue weighted by molar-refractivity contribution is 6.09. The van der Waals surface area contributed by atoms with Crippen molar-refractivity contribution in [2.75, 3.05) is 39.4 Å². The molecule has 0 unspecified atom stereocenters. The third kappa shape index (κ3) is 6.14. The lowest BCUT2D eigenvalue weighted by Gasteiger charge is -2.34. The number of rotatable bonds is 8. The Balaban J connectivity index is 1.17. The number of hydrogen-bond acceptors (Lipinski definition) is 7. The second kappa shape index (κ2) is 11.1. The van der Waals surface area contributed by atoms with Gasteiger partial charge in [-0.25, -0.2) is 4.79 Å². The van der Waals surface area contributed by atoms with Crippen molar-refractivity contribution in [1.82, 2.24) is 9.80 Å². The zero-order valence-electron chi connectivity index (χ0n) is 18.9. The van der Waals surface area contributed by atoms with E-state index in [4.69, 9.17) is 13.9 Å². The van der Waals surface area contributed by atoms with E-state index in [1.165, 1.54) is 6.26 Å². The fourth-order valence-corrected chi connectivity index (χ4v) is 3.59. The Morgan fingerprint density at radius 3 is 2.06 bits per heavy atom. The van der Waals surface area contributed by atoms with Crippen molar-refractivity contribution in [3.8, 4) is 5.75 Å². The smallest absolute Gasteiger partial charge is 0.344 e. The van der Waals surface area contributed by atoms with Crippen LogP contribution in [0.25, 0.3) is 0 Å². The van der Waals surface area contributed by atoms with Gasteiger partial charge in [0.15, 0.2) is 24.8 Å². The fraction of sp³-hybridized carbons (Fsp3) is 0.231. The maximum atomic E-state index is 12.4. The Bertz CT molecular complexity index is 1170. The zero-order chi connectivity index (χ0) is 24.6. The van der Waals surface area contributed by atoms with Crippen LogP contribution < -0.4 is 4.74 Å². The molecule has 0 radical (unpaired) electrons. The van der Waals surface area contributed by atoms with Crippen LogP contribution in [0.2, 0.25) is 0 Å². The number of ketones is 1. The Kier molecular flexibility index (Phi) is 7.57. The molecule has 35 heavy (non-hydrogen) atoms. The van der Waals surface area contributed by atoms with Crippen LogP contribution in [-0.4, -0.2) is 72.8 Å². The van der Waals surface area contributed by atoms with Crippen molar-refractivity contribution in [3.05, 3.63) is 89.9 Å². The summed E-state index contributed by atoms with van der Waals surface area (Å²) in [6, 6.07) is 18.6. The molecule has 1 aliphatic heterocycles. The summed E-state index contributed by atoms with van der Waals surface area (Å²) < 4.78 is 15.5. The predicted octanol–water partition coefficient (Wildman–Crippen LogP) is 2.42. The molecule has 2 heterocycles. The van der Waals surface area contributed by atoms with Gasteiger partial charge in [-0.15, -0.1) is 0 Å². The SMILES string of the molecule is O=C(COc1ccc(C(=O)c2ccccc2)cc1)OCC(=O)N1CCN(C(=O)c2ccco2)CC1. The van der Waals surface area contributed by atoms with Crippen LogP contribution in [0.4, 0.5) is 0 Å². The van der Waals surface area contributed by atoms with Gasteiger partial charge in [0.1, 0.15) is 5.75 Å². The van der Waals surface area contributed by atoms with E-state index < -0.39 is 12.6 Å². The van der Waals surface area contributed by atoms with Crippen LogP contribution in [0.15, 0.2) is 77.4 Å². The minimum atomic E-state index is -0.686. The molecule has 2 amide bonds. The van der Waals surface area contributed by atoms with E-state index in [-0.39, 0.29) is 30.0 Å². The highest BCUT2D eigenvalue weighted by Gasteiger charge is 2.26.